The Balaban J connectivity index is 1.58. The molecule has 3 heterocycles. The molecule has 1 atom stereocenters. The van der Waals surface area contributed by atoms with Gasteiger partial charge in [-0.15, -0.1) is 0 Å². The molecule has 7 heteroatoms. The first-order valence-corrected chi connectivity index (χ1v) is 9.40. The van der Waals surface area contributed by atoms with Gasteiger partial charge in [0.1, 0.15) is 11.6 Å². The average molecular weight is 386 g/mol. The van der Waals surface area contributed by atoms with Crippen LogP contribution in [0.1, 0.15) is 24.1 Å². The van der Waals surface area contributed by atoms with Crippen LogP contribution >= 0.6 is 0 Å². The van der Waals surface area contributed by atoms with Gasteiger partial charge in [-0.05, 0) is 37.6 Å². The molecule has 4 aromatic rings. The van der Waals surface area contributed by atoms with Gasteiger partial charge in [0, 0.05) is 12.6 Å². The van der Waals surface area contributed by atoms with Crippen molar-refractivity contribution in [3.63, 3.8) is 0 Å². The summed E-state index contributed by atoms with van der Waals surface area (Å²) in [5, 5.41) is 3.93. The number of H-pyrrole nitrogens is 1. The molecule has 145 valence electrons. The van der Waals surface area contributed by atoms with E-state index in [4.69, 9.17) is 14.2 Å². The third-order valence-electron chi connectivity index (χ3n) is 5.16. The zero-order valence-electron chi connectivity index (χ0n) is 16.3. The van der Waals surface area contributed by atoms with Crippen LogP contribution < -0.4 is 9.64 Å². The van der Waals surface area contributed by atoms with Gasteiger partial charge in [0.2, 0.25) is 0 Å². The summed E-state index contributed by atoms with van der Waals surface area (Å²) in [7, 11) is 1.66. The molecule has 29 heavy (non-hydrogen) atoms. The minimum atomic E-state index is 0.0273. The lowest BCUT2D eigenvalue weighted by Gasteiger charge is -2.26. The smallest absolute Gasteiger partial charge is 0.260 e. The fourth-order valence-corrected chi connectivity index (χ4v) is 3.82. The highest BCUT2D eigenvalue weighted by atomic mass is 16.5. The number of imidazole rings is 1. The summed E-state index contributed by atoms with van der Waals surface area (Å²) in [6.07, 6.45) is 0.814. The molecule has 0 saturated carbocycles. The third-order valence-corrected chi connectivity index (χ3v) is 5.16. The zero-order valence-corrected chi connectivity index (χ0v) is 16.3. The fraction of sp³-hybridized carbons (Fsp3) is 0.227. The number of anilines is 1. The van der Waals surface area contributed by atoms with Crippen LogP contribution in [0.2, 0.25) is 0 Å². The third kappa shape index (κ3) is 3.04. The summed E-state index contributed by atoms with van der Waals surface area (Å²) in [5.74, 6) is 2.74. The number of benzene rings is 2. The standard InChI is InChI=1S/C22H20N5O2/c1-13-10-20(21-24-17-9-8-15(28-3)11-18(17)25-21)27(12-13)19-7-5-4-6-16(19)22-23-14(2)26-29-22/h4-5,7-9,11,20H,1,10,12H2,2-3H3,(H,24,25)/t20-/m0/s1. The molecule has 1 saturated heterocycles. The Labute approximate surface area is 168 Å². The van der Waals surface area contributed by atoms with E-state index in [1.54, 1.807) is 14.0 Å². The zero-order chi connectivity index (χ0) is 20.0. The Morgan fingerprint density at radius 2 is 2.21 bits per heavy atom. The first-order valence-electron chi connectivity index (χ1n) is 9.40. The van der Waals surface area contributed by atoms with E-state index in [-0.39, 0.29) is 6.04 Å². The first kappa shape index (κ1) is 17.5. The van der Waals surface area contributed by atoms with Gasteiger partial charge in [0.25, 0.3) is 5.89 Å². The van der Waals surface area contributed by atoms with Crippen LogP contribution in [0.5, 0.6) is 5.75 Å². The number of rotatable bonds is 4. The van der Waals surface area contributed by atoms with E-state index >= 15 is 0 Å². The molecular weight excluding hydrogens is 366 g/mol. The van der Waals surface area contributed by atoms with Crippen molar-refractivity contribution in [1.29, 1.82) is 0 Å². The first-order chi connectivity index (χ1) is 14.1. The highest BCUT2D eigenvalue weighted by Gasteiger charge is 2.33. The molecule has 2 aromatic heterocycles. The minimum absolute atomic E-state index is 0.0273. The van der Waals surface area contributed by atoms with Crippen LogP contribution in [0.25, 0.3) is 22.5 Å². The fourth-order valence-electron chi connectivity index (χ4n) is 3.82. The van der Waals surface area contributed by atoms with Crippen molar-refractivity contribution in [3.05, 3.63) is 66.3 Å². The minimum Gasteiger partial charge on any atom is -0.497 e. The van der Waals surface area contributed by atoms with Gasteiger partial charge in [-0.1, -0.05) is 29.4 Å². The molecule has 0 unspecified atom stereocenters. The summed E-state index contributed by atoms with van der Waals surface area (Å²) in [6, 6.07) is 15.0. The second kappa shape index (κ2) is 6.77. The number of hydrogen-bond donors (Lipinski definition) is 1. The maximum Gasteiger partial charge on any atom is 0.260 e. The van der Waals surface area contributed by atoms with E-state index in [2.05, 4.69) is 32.7 Å². The Kier molecular flexibility index (Phi) is 4.08. The second-order valence-corrected chi connectivity index (χ2v) is 7.18. The lowest BCUT2D eigenvalue weighted by atomic mass is 10.1. The van der Waals surface area contributed by atoms with Gasteiger partial charge in [0.05, 0.1) is 35.4 Å². The molecule has 1 radical (unpaired) electrons. The van der Waals surface area contributed by atoms with Gasteiger partial charge in [-0.3, -0.25) is 0 Å². The topological polar surface area (TPSA) is 80.1 Å². The van der Waals surface area contributed by atoms with Crippen LogP contribution in [-0.4, -0.2) is 33.8 Å². The number of nitrogens with zero attached hydrogens (tertiary/aromatic N) is 4. The molecule has 1 aliphatic rings. The van der Waals surface area contributed by atoms with Gasteiger partial charge < -0.3 is 19.1 Å². The number of nitrogens with one attached hydrogen (secondary N) is 1. The predicted octanol–water partition coefficient (Wildman–Crippen LogP) is 4.24. The van der Waals surface area contributed by atoms with Gasteiger partial charge in [-0.2, -0.15) is 4.98 Å². The maximum absolute atomic E-state index is 5.41. The van der Waals surface area contributed by atoms with Gasteiger partial charge >= 0.3 is 0 Å². The summed E-state index contributed by atoms with van der Waals surface area (Å²) in [5.41, 5.74) is 4.75. The van der Waals surface area contributed by atoms with Crippen molar-refractivity contribution >= 4 is 16.7 Å². The van der Waals surface area contributed by atoms with Gasteiger partial charge in [-0.25, -0.2) is 4.98 Å². The van der Waals surface area contributed by atoms with Gasteiger partial charge in [0.15, 0.2) is 5.82 Å². The summed E-state index contributed by atoms with van der Waals surface area (Å²) in [6.45, 7) is 6.76. The largest absolute Gasteiger partial charge is 0.497 e. The highest BCUT2D eigenvalue weighted by Crippen LogP contribution is 2.41. The van der Waals surface area contributed by atoms with Crippen molar-refractivity contribution in [2.75, 3.05) is 18.6 Å². The number of aromatic amines is 1. The number of fused-ring (bicyclic) bond motifs is 1. The maximum atomic E-state index is 5.41. The molecule has 0 amide bonds. The molecule has 1 N–H and O–H groups in total. The predicted molar refractivity (Wildman–Crippen MR) is 110 cm³/mol. The Bertz CT molecular complexity index is 1210. The van der Waals surface area contributed by atoms with Crippen molar-refractivity contribution < 1.29 is 9.26 Å². The van der Waals surface area contributed by atoms with Crippen molar-refractivity contribution in [2.45, 2.75) is 19.4 Å². The van der Waals surface area contributed by atoms with E-state index in [0.29, 0.717) is 11.7 Å². The molecular formula is C22H20N5O2. The van der Waals surface area contributed by atoms with E-state index in [1.807, 2.05) is 36.4 Å². The SMILES string of the molecule is C=C1C[C@@H](c2nc3cc(OC)ccc3[nH]2)N(c2ccc[c]c2-c2nc(C)no2)C1. The molecule has 2 aromatic carbocycles. The number of methoxy groups -OCH3 is 1. The van der Waals surface area contributed by atoms with E-state index in [0.717, 1.165) is 52.4 Å². The number of aryl methyl sites for hydroxylation is 1. The Morgan fingerprint density at radius 1 is 1.31 bits per heavy atom. The molecule has 1 fully saturated rings. The lowest BCUT2D eigenvalue weighted by Crippen LogP contribution is -2.24. The average Bonchev–Trinajstić information content (AvgIpc) is 3.44. The lowest BCUT2D eigenvalue weighted by molar-refractivity contribution is 0.415. The molecule has 5 rings (SSSR count). The highest BCUT2D eigenvalue weighted by molar-refractivity contribution is 5.78. The quantitative estimate of drug-likeness (QED) is 0.529. The normalized spacial score (nSPS) is 16.7. The summed E-state index contributed by atoms with van der Waals surface area (Å²) >= 11 is 0. The molecule has 0 aliphatic carbocycles. The monoisotopic (exact) mass is 386 g/mol. The summed E-state index contributed by atoms with van der Waals surface area (Å²) in [4.78, 5) is 15.0. The van der Waals surface area contributed by atoms with E-state index < -0.39 is 0 Å². The van der Waals surface area contributed by atoms with Crippen LogP contribution in [0.4, 0.5) is 5.69 Å². The van der Waals surface area contributed by atoms with Crippen LogP contribution in [-0.2, 0) is 0 Å². The summed E-state index contributed by atoms with van der Waals surface area (Å²) < 4.78 is 10.7. The number of ether oxygens (including phenoxy) is 1. The van der Waals surface area contributed by atoms with Crippen molar-refractivity contribution in [1.82, 2.24) is 20.1 Å². The van der Waals surface area contributed by atoms with Crippen LogP contribution in [0.3, 0.4) is 0 Å². The molecule has 7 nitrogen and oxygen atoms in total. The van der Waals surface area contributed by atoms with E-state index in [9.17, 15) is 0 Å². The van der Waals surface area contributed by atoms with Crippen LogP contribution in [0.15, 0.2) is 53.1 Å². The molecule has 1 aliphatic heterocycles. The molecule has 0 bridgehead atoms. The Morgan fingerprint density at radius 3 is 3.00 bits per heavy atom. The van der Waals surface area contributed by atoms with Crippen LogP contribution in [0, 0.1) is 13.0 Å². The van der Waals surface area contributed by atoms with Crippen molar-refractivity contribution in [3.8, 4) is 17.2 Å². The van der Waals surface area contributed by atoms with E-state index in [1.165, 1.54) is 0 Å². The number of aromatic nitrogens is 4. The van der Waals surface area contributed by atoms with Crippen molar-refractivity contribution in [2.24, 2.45) is 0 Å². The molecule has 0 spiro atoms. The Hall–Kier alpha value is -3.61. The second-order valence-electron chi connectivity index (χ2n) is 7.18. The number of hydrogen-bond acceptors (Lipinski definition) is 6.